The van der Waals surface area contributed by atoms with Crippen LogP contribution in [-0.4, -0.2) is 11.1 Å². The van der Waals surface area contributed by atoms with Gasteiger partial charge in [0.05, 0.1) is 0 Å². The first-order chi connectivity index (χ1) is 8.15. The lowest BCUT2D eigenvalue weighted by molar-refractivity contribution is 0.0656. The van der Waals surface area contributed by atoms with E-state index in [1.54, 1.807) is 6.07 Å². The Morgan fingerprint density at radius 2 is 1.94 bits per heavy atom. The van der Waals surface area contributed by atoms with E-state index in [9.17, 15) is 4.79 Å². The standard InChI is InChI=1S/C13H12O3S/c1-9-2-4-10(5-3-9)8-17-12-7-6-11(16-12)13(14)15/h2-7H,8H2,1H3,(H,14,15). The number of aryl methyl sites for hydroxylation is 1. The summed E-state index contributed by atoms with van der Waals surface area (Å²) >= 11 is 1.49. The summed E-state index contributed by atoms with van der Waals surface area (Å²) in [6, 6.07) is 11.4. The summed E-state index contributed by atoms with van der Waals surface area (Å²) in [7, 11) is 0. The number of carbonyl (C=O) groups is 1. The van der Waals surface area contributed by atoms with E-state index in [0.717, 1.165) is 5.75 Å². The van der Waals surface area contributed by atoms with Gasteiger partial charge in [-0.1, -0.05) is 41.6 Å². The molecule has 1 aromatic carbocycles. The zero-order chi connectivity index (χ0) is 12.3. The van der Waals surface area contributed by atoms with Crippen LogP contribution in [0.1, 0.15) is 21.7 Å². The molecule has 0 fully saturated rings. The van der Waals surface area contributed by atoms with Gasteiger partial charge in [-0.15, -0.1) is 0 Å². The van der Waals surface area contributed by atoms with E-state index in [0.29, 0.717) is 5.09 Å². The first kappa shape index (κ1) is 11.8. The number of benzene rings is 1. The first-order valence-electron chi connectivity index (χ1n) is 5.16. The van der Waals surface area contributed by atoms with Gasteiger partial charge in [0.15, 0.2) is 5.09 Å². The van der Waals surface area contributed by atoms with Crippen molar-refractivity contribution in [2.24, 2.45) is 0 Å². The number of furan rings is 1. The number of carboxylic acids is 1. The van der Waals surface area contributed by atoms with E-state index in [1.807, 2.05) is 6.92 Å². The van der Waals surface area contributed by atoms with Crippen LogP contribution >= 0.6 is 11.8 Å². The Balaban J connectivity index is 1.97. The third-order valence-electron chi connectivity index (χ3n) is 2.29. The van der Waals surface area contributed by atoms with Crippen molar-refractivity contribution in [2.45, 2.75) is 17.8 Å². The smallest absolute Gasteiger partial charge is 0.371 e. The highest BCUT2D eigenvalue weighted by atomic mass is 32.2. The van der Waals surface area contributed by atoms with Crippen molar-refractivity contribution in [2.75, 3.05) is 0 Å². The molecule has 4 heteroatoms. The minimum atomic E-state index is -1.04. The molecule has 1 aromatic heterocycles. The monoisotopic (exact) mass is 248 g/mol. The van der Waals surface area contributed by atoms with Gasteiger partial charge in [-0.25, -0.2) is 4.79 Å². The van der Waals surface area contributed by atoms with Crippen LogP contribution in [0.4, 0.5) is 0 Å². The van der Waals surface area contributed by atoms with Gasteiger partial charge in [0.2, 0.25) is 5.76 Å². The molecule has 0 spiro atoms. The molecule has 3 nitrogen and oxygen atoms in total. The molecule has 0 bridgehead atoms. The number of hydrogen-bond donors (Lipinski definition) is 1. The summed E-state index contributed by atoms with van der Waals surface area (Å²) in [5.74, 6) is -0.282. The summed E-state index contributed by atoms with van der Waals surface area (Å²) in [6.07, 6.45) is 0. The maximum Gasteiger partial charge on any atom is 0.371 e. The molecule has 0 saturated carbocycles. The molecule has 0 radical (unpaired) electrons. The van der Waals surface area contributed by atoms with Crippen LogP contribution in [0, 0.1) is 6.92 Å². The molecule has 0 atom stereocenters. The summed E-state index contributed by atoms with van der Waals surface area (Å²) in [5.41, 5.74) is 2.42. The normalized spacial score (nSPS) is 10.4. The van der Waals surface area contributed by atoms with Crippen LogP contribution in [0.3, 0.4) is 0 Å². The second kappa shape index (κ2) is 5.10. The fraction of sp³-hybridized carbons (Fsp3) is 0.154. The third-order valence-corrected chi connectivity index (χ3v) is 3.28. The minimum Gasteiger partial charge on any atom is -0.475 e. The molecule has 0 amide bonds. The summed E-state index contributed by atoms with van der Waals surface area (Å²) in [5, 5.41) is 9.34. The molecular weight excluding hydrogens is 236 g/mol. The lowest BCUT2D eigenvalue weighted by Gasteiger charge is -1.99. The molecule has 2 rings (SSSR count). The van der Waals surface area contributed by atoms with Gasteiger partial charge in [0.1, 0.15) is 0 Å². The van der Waals surface area contributed by atoms with E-state index < -0.39 is 5.97 Å². The van der Waals surface area contributed by atoms with Crippen molar-refractivity contribution >= 4 is 17.7 Å². The van der Waals surface area contributed by atoms with Crippen LogP contribution in [0.5, 0.6) is 0 Å². The zero-order valence-corrected chi connectivity index (χ0v) is 10.2. The number of hydrogen-bond acceptors (Lipinski definition) is 3. The van der Waals surface area contributed by atoms with Crippen molar-refractivity contribution < 1.29 is 14.3 Å². The predicted octanol–water partition coefficient (Wildman–Crippen LogP) is 3.58. The molecule has 1 N–H and O–H groups in total. The average molecular weight is 248 g/mol. The quantitative estimate of drug-likeness (QED) is 0.840. The molecule has 0 saturated heterocycles. The molecule has 88 valence electrons. The number of rotatable bonds is 4. The average Bonchev–Trinajstić information content (AvgIpc) is 2.77. The minimum absolute atomic E-state index is 0.0172. The highest BCUT2D eigenvalue weighted by Gasteiger charge is 2.08. The summed E-state index contributed by atoms with van der Waals surface area (Å²) in [6.45, 7) is 2.04. The Labute approximate surface area is 103 Å². The van der Waals surface area contributed by atoms with Crippen molar-refractivity contribution in [3.05, 3.63) is 53.3 Å². The van der Waals surface area contributed by atoms with Gasteiger partial charge in [-0.3, -0.25) is 0 Å². The van der Waals surface area contributed by atoms with Crippen molar-refractivity contribution in [3.8, 4) is 0 Å². The van der Waals surface area contributed by atoms with Gasteiger partial charge in [-0.05, 0) is 24.6 Å². The van der Waals surface area contributed by atoms with E-state index in [1.165, 1.54) is 29.0 Å². The predicted molar refractivity (Wildman–Crippen MR) is 66.4 cm³/mol. The topological polar surface area (TPSA) is 50.4 Å². The molecule has 0 aliphatic rings. The zero-order valence-electron chi connectivity index (χ0n) is 9.34. The molecule has 1 heterocycles. The van der Waals surface area contributed by atoms with Gasteiger partial charge < -0.3 is 9.52 Å². The molecule has 17 heavy (non-hydrogen) atoms. The Morgan fingerprint density at radius 3 is 2.53 bits per heavy atom. The highest BCUT2D eigenvalue weighted by molar-refractivity contribution is 7.98. The van der Waals surface area contributed by atoms with Gasteiger partial charge >= 0.3 is 5.97 Å². The molecule has 0 aliphatic carbocycles. The maximum atomic E-state index is 10.6. The Kier molecular flexibility index (Phi) is 3.54. The van der Waals surface area contributed by atoms with Crippen LogP contribution in [0.2, 0.25) is 0 Å². The second-order valence-electron chi connectivity index (χ2n) is 3.70. The van der Waals surface area contributed by atoms with Crippen LogP contribution < -0.4 is 0 Å². The molecule has 2 aromatic rings. The van der Waals surface area contributed by atoms with E-state index in [2.05, 4.69) is 24.3 Å². The third kappa shape index (κ3) is 3.14. The van der Waals surface area contributed by atoms with Crippen LogP contribution in [0.25, 0.3) is 0 Å². The van der Waals surface area contributed by atoms with E-state index in [-0.39, 0.29) is 5.76 Å². The van der Waals surface area contributed by atoms with Gasteiger partial charge in [0, 0.05) is 5.75 Å². The van der Waals surface area contributed by atoms with E-state index in [4.69, 9.17) is 9.52 Å². The number of thioether (sulfide) groups is 1. The fourth-order valence-corrected chi connectivity index (χ4v) is 2.17. The SMILES string of the molecule is Cc1ccc(CSc2ccc(C(=O)O)o2)cc1. The molecule has 0 unspecified atom stereocenters. The van der Waals surface area contributed by atoms with Crippen LogP contribution in [-0.2, 0) is 5.75 Å². The molecular formula is C13H12O3S. The lowest BCUT2D eigenvalue weighted by atomic mass is 10.2. The van der Waals surface area contributed by atoms with Crippen LogP contribution in [0.15, 0.2) is 45.9 Å². The molecule has 0 aliphatic heterocycles. The number of carboxylic acid groups (broad SMARTS) is 1. The van der Waals surface area contributed by atoms with Gasteiger partial charge in [0.25, 0.3) is 0 Å². The fourth-order valence-electron chi connectivity index (χ4n) is 1.35. The summed E-state index contributed by atoms with van der Waals surface area (Å²) < 4.78 is 5.15. The maximum absolute atomic E-state index is 10.6. The Bertz CT molecular complexity index is 514. The number of aromatic carboxylic acids is 1. The Hall–Kier alpha value is -1.68. The lowest BCUT2D eigenvalue weighted by Crippen LogP contribution is -1.91. The second-order valence-corrected chi connectivity index (χ2v) is 4.68. The Morgan fingerprint density at radius 1 is 1.24 bits per heavy atom. The highest BCUT2D eigenvalue weighted by Crippen LogP contribution is 2.25. The first-order valence-corrected chi connectivity index (χ1v) is 6.15. The van der Waals surface area contributed by atoms with Crippen molar-refractivity contribution in [3.63, 3.8) is 0 Å². The summed E-state index contributed by atoms with van der Waals surface area (Å²) in [4.78, 5) is 10.6. The van der Waals surface area contributed by atoms with Crippen molar-refractivity contribution in [1.82, 2.24) is 0 Å². The van der Waals surface area contributed by atoms with Gasteiger partial charge in [-0.2, -0.15) is 0 Å². The van der Waals surface area contributed by atoms with Crippen molar-refractivity contribution in [1.29, 1.82) is 0 Å². The van der Waals surface area contributed by atoms with E-state index >= 15 is 0 Å². The largest absolute Gasteiger partial charge is 0.475 e.